The van der Waals surface area contributed by atoms with Crippen molar-refractivity contribution in [2.45, 2.75) is 51.2 Å². The highest BCUT2D eigenvalue weighted by Crippen LogP contribution is 2.39. The van der Waals surface area contributed by atoms with Gasteiger partial charge in [-0.05, 0) is 49.6 Å². The number of ether oxygens (including phenoxy) is 1. The minimum absolute atomic E-state index is 0.00309. The number of nitrogens with one attached hydrogen (secondary N) is 1. The molecule has 5 heteroatoms. The van der Waals surface area contributed by atoms with Crippen LogP contribution in [0.1, 0.15) is 56.3 Å². The SMILES string of the molecule is CC(=O)N[C@@H](C)c1ccc(O[C@@H]2CCN(c3cccc(C4CC4)n3)C2)cc1. The van der Waals surface area contributed by atoms with Crippen LogP contribution in [-0.4, -0.2) is 30.1 Å². The molecular weight excluding hydrogens is 338 g/mol. The molecule has 27 heavy (non-hydrogen) atoms. The van der Waals surface area contributed by atoms with Crippen molar-refractivity contribution in [3.05, 3.63) is 53.7 Å². The van der Waals surface area contributed by atoms with E-state index in [-0.39, 0.29) is 18.1 Å². The van der Waals surface area contributed by atoms with Gasteiger partial charge >= 0.3 is 0 Å². The highest BCUT2D eigenvalue weighted by Gasteiger charge is 2.28. The van der Waals surface area contributed by atoms with Crippen LogP contribution in [0.25, 0.3) is 0 Å². The molecule has 1 aliphatic carbocycles. The van der Waals surface area contributed by atoms with Crippen LogP contribution in [0.4, 0.5) is 5.82 Å². The fraction of sp³-hybridized carbons (Fsp3) is 0.455. The molecule has 2 fully saturated rings. The van der Waals surface area contributed by atoms with E-state index in [0.29, 0.717) is 5.92 Å². The number of anilines is 1. The summed E-state index contributed by atoms with van der Waals surface area (Å²) in [5.74, 6) is 2.61. The summed E-state index contributed by atoms with van der Waals surface area (Å²) in [7, 11) is 0. The molecule has 0 radical (unpaired) electrons. The molecule has 2 aliphatic rings. The number of rotatable bonds is 6. The Morgan fingerprint density at radius 3 is 2.67 bits per heavy atom. The molecular formula is C22H27N3O2. The minimum Gasteiger partial charge on any atom is -0.489 e. The summed E-state index contributed by atoms with van der Waals surface area (Å²) in [4.78, 5) is 18.4. The Labute approximate surface area is 160 Å². The van der Waals surface area contributed by atoms with E-state index in [2.05, 4.69) is 28.4 Å². The lowest BCUT2D eigenvalue weighted by Crippen LogP contribution is -2.25. The average molecular weight is 365 g/mol. The number of pyridine rings is 1. The van der Waals surface area contributed by atoms with Gasteiger partial charge < -0.3 is 15.0 Å². The van der Waals surface area contributed by atoms with Gasteiger partial charge in [0.2, 0.25) is 5.91 Å². The van der Waals surface area contributed by atoms with Crippen LogP contribution in [0.5, 0.6) is 5.75 Å². The summed E-state index contributed by atoms with van der Waals surface area (Å²) in [6.45, 7) is 5.36. The van der Waals surface area contributed by atoms with Gasteiger partial charge in [-0.15, -0.1) is 0 Å². The van der Waals surface area contributed by atoms with Crippen molar-refractivity contribution < 1.29 is 9.53 Å². The van der Waals surface area contributed by atoms with Crippen molar-refractivity contribution in [3.8, 4) is 5.75 Å². The molecule has 0 unspecified atom stereocenters. The van der Waals surface area contributed by atoms with Crippen LogP contribution < -0.4 is 15.0 Å². The first-order chi connectivity index (χ1) is 13.1. The maximum Gasteiger partial charge on any atom is 0.217 e. The Morgan fingerprint density at radius 2 is 1.96 bits per heavy atom. The van der Waals surface area contributed by atoms with Crippen LogP contribution in [0.3, 0.4) is 0 Å². The lowest BCUT2D eigenvalue weighted by Gasteiger charge is -2.19. The van der Waals surface area contributed by atoms with Crippen LogP contribution in [0.15, 0.2) is 42.5 Å². The molecule has 2 atom stereocenters. The minimum atomic E-state index is -0.0202. The molecule has 1 aliphatic heterocycles. The lowest BCUT2D eigenvalue weighted by molar-refractivity contribution is -0.119. The monoisotopic (exact) mass is 365 g/mol. The summed E-state index contributed by atoms with van der Waals surface area (Å²) >= 11 is 0. The Morgan fingerprint density at radius 1 is 1.19 bits per heavy atom. The van der Waals surface area contributed by atoms with E-state index in [1.807, 2.05) is 31.2 Å². The normalized spacial score (nSPS) is 20.4. The molecule has 0 bridgehead atoms. The van der Waals surface area contributed by atoms with Gasteiger partial charge in [0.1, 0.15) is 17.7 Å². The van der Waals surface area contributed by atoms with Crippen molar-refractivity contribution in [2.24, 2.45) is 0 Å². The van der Waals surface area contributed by atoms with Crippen LogP contribution in [0.2, 0.25) is 0 Å². The maximum absolute atomic E-state index is 11.2. The fourth-order valence-electron chi connectivity index (χ4n) is 3.67. The molecule has 4 rings (SSSR count). The molecule has 1 aromatic carbocycles. The molecule has 142 valence electrons. The second-order valence-electron chi connectivity index (χ2n) is 7.66. The predicted molar refractivity (Wildman–Crippen MR) is 106 cm³/mol. The molecule has 1 N–H and O–H groups in total. The number of hydrogen-bond donors (Lipinski definition) is 1. The largest absolute Gasteiger partial charge is 0.489 e. The summed E-state index contributed by atoms with van der Waals surface area (Å²) in [6, 6.07) is 14.4. The van der Waals surface area contributed by atoms with Crippen LogP contribution in [-0.2, 0) is 4.79 Å². The molecule has 1 saturated heterocycles. The Bertz CT molecular complexity index is 801. The predicted octanol–water partition coefficient (Wildman–Crippen LogP) is 3.81. The van der Waals surface area contributed by atoms with Gasteiger partial charge in [0.05, 0.1) is 12.6 Å². The number of amides is 1. The summed E-state index contributed by atoms with van der Waals surface area (Å²) < 4.78 is 6.18. The number of carbonyl (C=O) groups excluding carboxylic acids is 1. The molecule has 1 aromatic heterocycles. The Hall–Kier alpha value is -2.56. The number of aromatic nitrogens is 1. The molecule has 1 amide bonds. The van der Waals surface area contributed by atoms with Crippen molar-refractivity contribution in [2.75, 3.05) is 18.0 Å². The zero-order valence-electron chi connectivity index (χ0n) is 16.0. The van der Waals surface area contributed by atoms with E-state index in [0.717, 1.165) is 36.6 Å². The molecule has 2 heterocycles. The maximum atomic E-state index is 11.2. The second-order valence-corrected chi connectivity index (χ2v) is 7.66. The summed E-state index contributed by atoms with van der Waals surface area (Å²) in [5, 5.41) is 2.90. The third kappa shape index (κ3) is 4.41. The topological polar surface area (TPSA) is 54.5 Å². The second kappa shape index (κ2) is 7.59. The summed E-state index contributed by atoms with van der Waals surface area (Å²) in [6.07, 6.45) is 3.73. The van der Waals surface area contributed by atoms with Crippen LogP contribution in [0, 0.1) is 0 Å². The lowest BCUT2D eigenvalue weighted by atomic mass is 10.1. The summed E-state index contributed by atoms with van der Waals surface area (Å²) in [5.41, 5.74) is 2.31. The van der Waals surface area contributed by atoms with E-state index in [1.165, 1.54) is 25.5 Å². The van der Waals surface area contributed by atoms with Gasteiger partial charge in [-0.25, -0.2) is 4.98 Å². The van der Waals surface area contributed by atoms with Crippen molar-refractivity contribution in [3.63, 3.8) is 0 Å². The van der Waals surface area contributed by atoms with E-state index in [4.69, 9.17) is 9.72 Å². The third-order valence-corrected chi connectivity index (χ3v) is 5.32. The quantitative estimate of drug-likeness (QED) is 0.846. The number of hydrogen-bond acceptors (Lipinski definition) is 4. The van der Waals surface area contributed by atoms with Crippen molar-refractivity contribution >= 4 is 11.7 Å². The Balaban J connectivity index is 1.34. The van der Waals surface area contributed by atoms with E-state index in [9.17, 15) is 4.79 Å². The standard InChI is InChI=1S/C22H27N3O2/c1-15(23-16(2)26)17-8-10-19(11-9-17)27-20-12-13-25(14-20)22-5-3-4-21(24-22)18-6-7-18/h3-5,8-11,15,18,20H,6-7,12-14H2,1-2H3,(H,23,26)/t15-,20+/m0/s1. The van der Waals surface area contributed by atoms with Crippen molar-refractivity contribution in [1.29, 1.82) is 0 Å². The third-order valence-electron chi connectivity index (χ3n) is 5.32. The van der Waals surface area contributed by atoms with E-state index in [1.54, 1.807) is 0 Å². The van der Waals surface area contributed by atoms with Gasteiger partial charge in [0.25, 0.3) is 0 Å². The van der Waals surface area contributed by atoms with E-state index < -0.39 is 0 Å². The van der Waals surface area contributed by atoms with Crippen molar-refractivity contribution in [1.82, 2.24) is 10.3 Å². The highest BCUT2D eigenvalue weighted by molar-refractivity contribution is 5.73. The molecule has 1 saturated carbocycles. The molecule has 0 spiro atoms. The first-order valence-corrected chi connectivity index (χ1v) is 9.84. The number of nitrogens with zero attached hydrogens (tertiary/aromatic N) is 2. The average Bonchev–Trinajstić information content (AvgIpc) is 3.41. The van der Waals surface area contributed by atoms with E-state index >= 15 is 0 Å². The van der Waals surface area contributed by atoms with Gasteiger partial charge in [-0.2, -0.15) is 0 Å². The zero-order valence-corrected chi connectivity index (χ0v) is 16.0. The highest BCUT2D eigenvalue weighted by atomic mass is 16.5. The number of carbonyl (C=O) groups is 1. The fourth-order valence-corrected chi connectivity index (χ4v) is 3.67. The van der Waals surface area contributed by atoms with Gasteiger partial charge in [-0.3, -0.25) is 4.79 Å². The van der Waals surface area contributed by atoms with Gasteiger partial charge in [-0.1, -0.05) is 18.2 Å². The molecule has 2 aromatic rings. The number of benzene rings is 1. The smallest absolute Gasteiger partial charge is 0.217 e. The first kappa shape index (κ1) is 17.8. The Kier molecular flexibility index (Phi) is 5.01. The van der Waals surface area contributed by atoms with Gasteiger partial charge in [0.15, 0.2) is 0 Å². The zero-order chi connectivity index (χ0) is 18.8. The van der Waals surface area contributed by atoms with Crippen LogP contribution >= 0.6 is 0 Å². The first-order valence-electron chi connectivity index (χ1n) is 9.84. The molecule has 5 nitrogen and oxygen atoms in total. The van der Waals surface area contributed by atoms with Gasteiger partial charge in [0, 0.05) is 31.5 Å².